The number of aromatic amines is 1. The van der Waals surface area contributed by atoms with Gasteiger partial charge in [-0.25, -0.2) is 4.98 Å². The molecule has 0 amide bonds. The molecule has 0 saturated heterocycles. The van der Waals surface area contributed by atoms with E-state index in [2.05, 4.69) is 59.6 Å². The first-order valence-electron chi connectivity index (χ1n) is 7.43. The molecule has 2 aromatic rings. The lowest BCUT2D eigenvalue weighted by Crippen LogP contribution is -2.17. The molecule has 1 fully saturated rings. The van der Waals surface area contributed by atoms with Gasteiger partial charge in [0.25, 0.3) is 5.56 Å². The van der Waals surface area contributed by atoms with Gasteiger partial charge in [0.05, 0.1) is 9.26 Å². The lowest BCUT2D eigenvalue weighted by atomic mass is 10.1. The molecule has 1 heterocycles. The van der Waals surface area contributed by atoms with Crippen molar-refractivity contribution in [1.29, 1.82) is 0 Å². The van der Waals surface area contributed by atoms with Crippen LogP contribution >= 0.6 is 22.6 Å². The molecule has 0 spiro atoms. The predicted octanol–water partition coefficient (Wildman–Crippen LogP) is 4.12. The highest BCUT2D eigenvalue weighted by atomic mass is 127. The van der Waals surface area contributed by atoms with Crippen LogP contribution in [0.15, 0.2) is 29.1 Å². The van der Waals surface area contributed by atoms with E-state index in [0.717, 1.165) is 17.7 Å². The van der Waals surface area contributed by atoms with E-state index in [1.807, 2.05) is 6.07 Å². The first kappa shape index (κ1) is 14.8. The largest absolute Gasteiger partial charge is 0.306 e. The van der Waals surface area contributed by atoms with Crippen LogP contribution in [0.5, 0.6) is 0 Å². The third-order valence-corrected chi connectivity index (χ3v) is 4.85. The van der Waals surface area contributed by atoms with Crippen LogP contribution in [0.3, 0.4) is 0 Å². The van der Waals surface area contributed by atoms with E-state index in [1.165, 1.54) is 18.4 Å². The minimum absolute atomic E-state index is 0.0342. The monoisotopic (exact) mass is 394 g/mol. The van der Waals surface area contributed by atoms with E-state index in [0.29, 0.717) is 21.2 Å². The van der Waals surface area contributed by atoms with Crippen molar-refractivity contribution in [1.82, 2.24) is 9.97 Å². The minimum Gasteiger partial charge on any atom is -0.306 e. The second kappa shape index (κ2) is 5.91. The summed E-state index contributed by atoms with van der Waals surface area (Å²) in [4.78, 5) is 19.8. The van der Waals surface area contributed by atoms with Crippen LogP contribution in [0.2, 0.25) is 0 Å². The highest BCUT2D eigenvalue weighted by Gasteiger charge is 2.23. The molecule has 1 N–H and O–H groups in total. The Kier molecular flexibility index (Phi) is 4.15. The number of hydrogen-bond donors (Lipinski definition) is 1. The molecule has 0 radical (unpaired) electrons. The maximum Gasteiger partial charge on any atom is 0.264 e. The van der Waals surface area contributed by atoms with Crippen molar-refractivity contribution in [2.75, 3.05) is 0 Å². The molecule has 0 unspecified atom stereocenters. The number of halogens is 1. The van der Waals surface area contributed by atoms with E-state index >= 15 is 0 Å². The van der Waals surface area contributed by atoms with Gasteiger partial charge in [0.2, 0.25) is 0 Å². The summed E-state index contributed by atoms with van der Waals surface area (Å²) in [5, 5.41) is 0. The van der Waals surface area contributed by atoms with Crippen LogP contribution in [0.25, 0.3) is 11.4 Å². The fraction of sp³-hybridized carbons (Fsp3) is 0.412. The van der Waals surface area contributed by atoms with Crippen LogP contribution < -0.4 is 5.56 Å². The van der Waals surface area contributed by atoms with Gasteiger partial charge < -0.3 is 4.98 Å². The normalized spacial score (nSPS) is 14.7. The lowest BCUT2D eigenvalue weighted by Gasteiger charge is -2.09. The van der Waals surface area contributed by atoms with E-state index in [9.17, 15) is 4.79 Å². The fourth-order valence-electron chi connectivity index (χ4n) is 2.52. The Balaban J connectivity index is 2.03. The van der Waals surface area contributed by atoms with Crippen LogP contribution in [-0.4, -0.2) is 9.97 Å². The van der Waals surface area contributed by atoms with E-state index in [-0.39, 0.29) is 5.56 Å². The van der Waals surface area contributed by atoms with Gasteiger partial charge in [-0.15, -0.1) is 0 Å². The molecular weight excluding hydrogens is 375 g/mol. The van der Waals surface area contributed by atoms with E-state index in [1.54, 1.807) is 0 Å². The summed E-state index contributed by atoms with van der Waals surface area (Å²) in [6.07, 6.45) is 3.38. The van der Waals surface area contributed by atoms with E-state index in [4.69, 9.17) is 4.98 Å². The maximum absolute atomic E-state index is 12.1. The van der Waals surface area contributed by atoms with Gasteiger partial charge in [-0.3, -0.25) is 4.79 Å². The summed E-state index contributed by atoms with van der Waals surface area (Å²) < 4.78 is 0.711. The van der Waals surface area contributed by atoms with Gasteiger partial charge in [-0.1, -0.05) is 32.0 Å². The quantitative estimate of drug-likeness (QED) is 0.794. The van der Waals surface area contributed by atoms with E-state index < -0.39 is 0 Å². The highest BCUT2D eigenvalue weighted by molar-refractivity contribution is 14.1. The zero-order valence-corrected chi connectivity index (χ0v) is 14.5. The standard InChI is InChI=1S/C17H19IN2O/c1-10(2)8-14-15(18)17(21)20-16(19-14)13-5-3-4-12(9-13)11-6-7-11/h3-5,9-11H,6-8H2,1-2H3,(H,19,20,21). The predicted molar refractivity (Wildman–Crippen MR) is 93.5 cm³/mol. The highest BCUT2D eigenvalue weighted by Crippen LogP contribution is 2.40. The third-order valence-electron chi connectivity index (χ3n) is 3.74. The molecule has 0 atom stereocenters. The Hall–Kier alpha value is -1.17. The zero-order chi connectivity index (χ0) is 15.0. The van der Waals surface area contributed by atoms with Crippen LogP contribution in [0, 0.1) is 9.49 Å². The van der Waals surface area contributed by atoms with Crippen molar-refractivity contribution in [2.45, 2.75) is 39.0 Å². The average Bonchev–Trinajstić information content (AvgIpc) is 3.28. The SMILES string of the molecule is CC(C)Cc1nc(-c2cccc(C3CC3)c2)[nH]c(=O)c1I. The molecule has 0 aliphatic heterocycles. The first-order chi connectivity index (χ1) is 10.0. The number of rotatable bonds is 4. The Morgan fingerprint density at radius 2 is 2.14 bits per heavy atom. The smallest absolute Gasteiger partial charge is 0.264 e. The van der Waals surface area contributed by atoms with Gasteiger partial charge >= 0.3 is 0 Å². The molecule has 0 bridgehead atoms. The summed E-state index contributed by atoms with van der Waals surface area (Å²) in [6, 6.07) is 8.42. The topological polar surface area (TPSA) is 45.8 Å². The summed E-state index contributed by atoms with van der Waals surface area (Å²) in [5.74, 6) is 1.88. The molecule has 21 heavy (non-hydrogen) atoms. The second-order valence-electron chi connectivity index (χ2n) is 6.17. The Labute approximate surface area is 138 Å². The average molecular weight is 394 g/mol. The molecule has 110 valence electrons. The van der Waals surface area contributed by atoms with Crippen molar-refractivity contribution in [2.24, 2.45) is 5.92 Å². The van der Waals surface area contributed by atoms with Gasteiger partial charge in [0.1, 0.15) is 5.82 Å². The van der Waals surface area contributed by atoms with Gasteiger partial charge in [-0.2, -0.15) is 0 Å². The van der Waals surface area contributed by atoms with Crippen LogP contribution in [0.4, 0.5) is 0 Å². The number of nitrogens with one attached hydrogen (secondary N) is 1. The number of aromatic nitrogens is 2. The number of H-pyrrole nitrogens is 1. The molecule has 1 saturated carbocycles. The van der Waals surface area contributed by atoms with Crippen molar-refractivity contribution in [3.05, 3.63) is 49.4 Å². The Morgan fingerprint density at radius 3 is 2.81 bits per heavy atom. The van der Waals surface area contributed by atoms with Gasteiger partial charge in [0.15, 0.2) is 0 Å². The second-order valence-corrected chi connectivity index (χ2v) is 7.25. The van der Waals surface area contributed by atoms with Crippen molar-refractivity contribution in [3.8, 4) is 11.4 Å². The van der Waals surface area contributed by atoms with Crippen LogP contribution in [0.1, 0.15) is 43.9 Å². The summed E-state index contributed by atoms with van der Waals surface area (Å²) in [6.45, 7) is 4.29. The molecule has 1 aliphatic rings. The minimum atomic E-state index is -0.0342. The number of benzene rings is 1. The molecule has 3 rings (SSSR count). The molecule has 1 aliphatic carbocycles. The lowest BCUT2D eigenvalue weighted by molar-refractivity contribution is 0.631. The van der Waals surface area contributed by atoms with Crippen molar-refractivity contribution >= 4 is 22.6 Å². The van der Waals surface area contributed by atoms with Crippen molar-refractivity contribution in [3.63, 3.8) is 0 Å². The summed E-state index contributed by atoms with van der Waals surface area (Å²) in [7, 11) is 0. The molecule has 1 aromatic heterocycles. The molecule has 3 nitrogen and oxygen atoms in total. The number of nitrogens with zero attached hydrogens (tertiary/aromatic N) is 1. The Bertz CT molecular complexity index is 717. The Morgan fingerprint density at radius 1 is 1.38 bits per heavy atom. The van der Waals surface area contributed by atoms with Gasteiger partial charge in [0, 0.05) is 5.56 Å². The zero-order valence-electron chi connectivity index (χ0n) is 12.3. The molecule has 1 aromatic carbocycles. The molecular formula is C17H19IN2O. The summed E-state index contributed by atoms with van der Waals surface area (Å²) in [5.41, 5.74) is 3.24. The fourth-order valence-corrected chi connectivity index (χ4v) is 3.00. The van der Waals surface area contributed by atoms with Gasteiger partial charge in [-0.05, 0) is 65.3 Å². The third kappa shape index (κ3) is 3.36. The van der Waals surface area contributed by atoms with Crippen molar-refractivity contribution < 1.29 is 0 Å². The molecule has 4 heteroatoms. The summed E-state index contributed by atoms with van der Waals surface area (Å²) >= 11 is 2.10. The first-order valence-corrected chi connectivity index (χ1v) is 8.51. The number of hydrogen-bond acceptors (Lipinski definition) is 2. The maximum atomic E-state index is 12.1. The van der Waals surface area contributed by atoms with Crippen LogP contribution in [-0.2, 0) is 6.42 Å².